The number of nitrogens with one attached hydrogen (secondary N) is 2. The topological polar surface area (TPSA) is 48.9 Å². The van der Waals surface area contributed by atoms with Gasteiger partial charge in [-0.1, -0.05) is 0 Å². The Hall–Kier alpha value is -1.89. The number of aliphatic imine (C=N–C) groups is 1. The zero-order valence-electron chi connectivity index (χ0n) is 15.5. The molecule has 3 rings (SSSR count). The molecule has 1 heterocycles. The fourth-order valence-corrected chi connectivity index (χ4v) is 3.48. The van der Waals surface area contributed by atoms with Crippen molar-refractivity contribution < 1.29 is 13.5 Å². The van der Waals surface area contributed by atoms with Gasteiger partial charge in [-0.25, -0.2) is 13.8 Å². The summed E-state index contributed by atoms with van der Waals surface area (Å²) in [7, 11) is 0. The molecule has 1 saturated carbocycles. The molecule has 1 aromatic carbocycles. The minimum absolute atomic E-state index is 0.302. The van der Waals surface area contributed by atoms with Gasteiger partial charge in [-0.3, -0.25) is 4.90 Å². The highest BCUT2D eigenvalue weighted by molar-refractivity contribution is 5.80. The second-order valence-corrected chi connectivity index (χ2v) is 7.04. The van der Waals surface area contributed by atoms with E-state index in [0.717, 1.165) is 43.6 Å². The lowest BCUT2D eigenvalue weighted by Gasteiger charge is -2.20. The minimum atomic E-state index is -0.906. The summed E-state index contributed by atoms with van der Waals surface area (Å²) in [6.07, 6.45) is 3.77. The van der Waals surface area contributed by atoms with E-state index in [4.69, 9.17) is 4.74 Å². The number of rotatable bonds is 7. The molecule has 26 heavy (non-hydrogen) atoms. The number of halogens is 2. The number of ether oxygens (including phenoxy) is 1. The third-order valence-corrected chi connectivity index (χ3v) is 4.84. The van der Waals surface area contributed by atoms with Crippen LogP contribution in [0.1, 0.15) is 33.1 Å². The maximum absolute atomic E-state index is 13.2. The molecule has 144 valence electrons. The lowest BCUT2D eigenvalue weighted by molar-refractivity contribution is 0.256. The van der Waals surface area contributed by atoms with Crippen molar-refractivity contribution in [3.63, 3.8) is 0 Å². The minimum Gasteiger partial charge on any atom is -0.492 e. The van der Waals surface area contributed by atoms with Gasteiger partial charge in [0.2, 0.25) is 0 Å². The van der Waals surface area contributed by atoms with Gasteiger partial charge >= 0.3 is 0 Å². The normalized spacial score (nSPS) is 23.9. The lowest BCUT2D eigenvalue weighted by Crippen LogP contribution is -2.45. The van der Waals surface area contributed by atoms with Crippen molar-refractivity contribution in [3.8, 4) is 5.75 Å². The van der Waals surface area contributed by atoms with Crippen LogP contribution in [-0.4, -0.2) is 55.2 Å². The van der Waals surface area contributed by atoms with Crippen LogP contribution >= 0.6 is 0 Å². The van der Waals surface area contributed by atoms with E-state index in [1.165, 1.54) is 18.9 Å². The molecule has 2 N–H and O–H groups in total. The van der Waals surface area contributed by atoms with Crippen molar-refractivity contribution in [2.75, 3.05) is 26.2 Å². The van der Waals surface area contributed by atoms with Crippen LogP contribution in [0.5, 0.6) is 5.75 Å². The molecule has 5 nitrogen and oxygen atoms in total. The molecule has 0 bridgehead atoms. The molecular formula is C19H28F2N4O. The van der Waals surface area contributed by atoms with Crippen LogP contribution in [-0.2, 0) is 0 Å². The summed E-state index contributed by atoms with van der Waals surface area (Å²) in [4.78, 5) is 7.12. The van der Waals surface area contributed by atoms with Crippen LogP contribution in [0.15, 0.2) is 23.2 Å². The molecule has 2 aliphatic rings. The van der Waals surface area contributed by atoms with Crippen LogP contribution in [0.25, 0.3) is 0 Å². The van der Waals surface area contributed by atoms with E-state index in [1.54, 1.807) is 0 Å². The van der Waals surface area contributed by atoms with Gasteiger partial charge in [0, 0.05) is 37.3 Å². The average Bonchev–Trinajstić information content (AvgIpc) is 3.38. The van der Waals surface area contributed by atoms with E-state index < -0.39 is 11.6 Å². The summed E-state index contributed by atoms with van der Waals surface area (Å²) in [6, 6.07) is 5.31. The zero-order chi connectivity index (χ0) is 18.5. The molecule has 0 aromatic heterocycles. The molecule has 2 unspecified atom stereocenters. The Labute approximate surface area is 153 Å². The number of guanidine groups is 1. The largest absolute Gasteiger partial charge is 0.492 e. The second kappa shape index (κ2) is 8.66. The summed E-state index contributed by atoms with van der Waals surface area (Å²) < 4.78 is 31.5. The Kier molecular flexibility index (Phi) is 6.29. The Morgan fingerprint density at radius 3 is 2.81 bits per heavy atom. The van der Waals surface area contributed by atoms with Crippen molar-refractivity contribution in [2.24, 2.45) is 4.99 Å². The van der Waals surface area contributed by atoms with Crippen molar-refractivity contribution in [2.45, 2.75) is 51.2 Å². The van der Waals surface area contributed by atoms with Crippen LogP contribution in [0.2, 0.25) is 0 Å². The summed E-state index contributed by atoms with van der Waals surface area (Å²) in [5, 5.41) is 6.76. The number of benzene rings is 1. The Bertz CT molecular complexity index is 636. The van der Waals surface area contributed by atoms with Gasteiger partial charge < -0.3 is 15.4 Å². The average molecular weight is 366 g/mol. The quantitative estimate of drug-likeness (QED) is 0.442. The predicted octanol–water partition coefficient (Wildman–Crippen LogP) is 2.52. The highest BCUT2D eigenvalue weighted by Crippen LogP contribution is 2.33. The first kappa shape index (κ1) is 18.9. The van der Waals surface area contributed by atoms with Crippen LogP contribution < -0.4 is 15.4 Å². The van der Waals surface area contributed by atoms with Gasteiger partial charge in [-0.2, -0.15) is 0 Å². The monoisotopic (exact) mass is 366 g/mol. The maximum Gasteiger partial charge on any atom is 0.191 e. The molecule has 1 aromatic rings. The van der Waals surface area contributed by atoms with Crippen molar-refractivity contribution in [1.29, 1.82) is 0 Å². The van der Waals surface area contributed by atoms with Gasteiger partial charge in [-0.15, -0.1) is 0 Å². The van der Waals surface area contributed by atoms with E-state index in [0.29, 0.717) is 31.0 Å². The summed E-state index contributed by atoms with van der Waals surface area (Å²) in [6.45, 7) is 6.90. The lowest BCUT2D eigenvalue weighted by atomic mass is 10.2. The highest BCUT2D eigenvalue weighted by Gasteiger charge is 2.38. The molecule has 1 aliphatic heterocycles. The van der Waals surface area contributed by atoms with Gasteiger partial charge in [0.1, 0.15) is 12.4 Å². The summed E-state index contributed by atoms with van der Waals surface area (Å²) >= 11 is 0. The van der Waals surface area contributed by atoms with Crippen molar-refractivity contribution in [3.05, 3.63) is 29.8 Å². The predicted molar refractivity (Wildman–Crippen MR) is 98.6 cm³/mol. The van der Waals surface area contributed by atoms with E-state index in [2.05, 4.69) is 27.4 Å². The second-order valence-electron chi connectivity index (χ2n) is 7.04. The van der Waals surface area contributed by atoms with Crippen LogP contribution in [0.4, 0.5) is 8.78 Å². The van der Waals surface area contributed by atoms with Gasteiger partial charge in [0.25, 0.3) is 0 Å². The van der Waals surface area contributed by atoms with Gasteiger partial charge in [0.15, 0.2) is 17.6 Å². The summed E-state index contributed by atoms with van der Waals surface area (Å²) in [5.74, 6) is -0.699. The Morgan fingerprint density at radius 2 is 2.12 bits per heavy atom. The van der Waals surface area contributed by atoms with Gasteiger partial charge in [-0.05, 0) is 45.2 Å². The highest BCUT2D eigenvalue weighted by atomic mass is 19.2. The molecular weight excluding hydrogens is 338 g/mol. The van der Waals surface area contributed by atoms with Crippen LogP contribution in [0, 0.1) is 11.6 Å². The fraction of sp³-hybridized carbons (Fsp3) is 0.632. The molecule has 0 amide bonds. The number of hydrogen-bond donors (Lipinski definition) is 2. The van der Waals surface area contributed by atoms with E-state index in [-0.39, 0.29) is 0 Å². The first-order valence-corrected chi connectivity index (χ1v) is 9.45. The number of hydrogen-bond acceptors (Lipinski definition) is 3. The number of nitrogens with zero attached hydrogens (tertiary/aromatic N) is 2. The molecule has 1 aliphatic carbocycles. The van der Waals surface area contributed by atoms with Crippen molar-refractivity contribution in [1.82, 2.24) is 15.5 Å². The first-order valence-electron chi connectivity index (χ1n) is 9.45. The smallest absolute Gasteiger partial charge is 0.191 e. The molecule has 0 radical (unpaired) electrons. The fourth-order valence-electron chi connectivity index (χ4n) is 3.48. The van der Waals surface area contributed by atoms with E-state index in [1.807, 2.05) is 6.92 Å². The first-order chi connectivity index (χ1) is 12.6. The molecule has 2 atom stereocenters. The maximum atomic E-state index is 13.2. The molecule has 0 spiro atoms. The number of likely N-dealkylation sites (tertiary alicyclic amines) is 1. The third kappa shape index (κ3) is 5.06. The molecule has 1 saturated heterocycles. The van der Waals surface area contributed by atoms with E-state index in [9.17, 15) is 8.78 Å². The third-order valence-electron chi connectivity index (χ3n) is 4.84. The molecule has 2 fully saturated rings. The summed E-state index contributed by atoms with van der Waals surface area (Å²) in [5.41, 5.74) is 0. The Balaban J connectivity index is 1.46. The standard InChI is InChI=1S/C19H28F2N4O/c1-3-22-19(24-14-10-13(2)25(12-14)15-4-5-15)23-8-9-26-16-6-7-17(20)18(21)11-16/h6-7,11,13-15H,3-5,8-10,12H2,1-2H3,(H2,22,23,24). The SMILES string of the molecule is CCNC(=NCCOc1ccc(F)c(F)c1)NC1CC(C)N(C2CC2)C1. The van der Waals surface area contributed by atoms with Crippen molar-refractivity contribution >= 4 is 5.96 Å². The van der Waals surface area contributed by atoms with E-state index >= 15 is 0 Å². The Morgan fingerprint density at radius 1 is 1.31 bits per heavy atom. The molecule has 7 heteroatoms. The van der Waals surface area contributed by atoms with Crippen LogP contribution in [0.3, 0.4) is 0 Å². The van der Waals surface area contributed by atoms with Gasteiger partial charge in [0.05, 0.1) is 6.54 Å². The zero-order valence-corrected chi connectivity index (χ0v) is 15.5.